The van der Waals surface area contributed by atoms with Crippen LogP contribution in [0.3, 0.4) is 0 Å². The number of halogens is 1. The molecule has 1 saturated carbocycles. The summed E-state index contributed by atoms with van der Waals surface area (Å²) < 4.78 is 13.2. The molecule has 0 radical (unpaired) electrons. The second kappa shape index (κ2) is 4.96. The van der Waals surface area contributed by atoms with E-state index in [0.717, 1.165) is 12.1 Å². The molecule has 2 heteroatoms. The molecule has 16 heavy (non-hydrogen) atoms. The first-order valence-corrected chi connectivity index (χ1v) is 6.21. The lowest BCUT2D eigenvalue weighted by molar-refractivity contribution is 0.491. The van der Waals surface area contributed by atoms with Gasteiger partial charge in [0.1, 0.15) is 5.82 Å². The van der Waals surface area contributed by atoms with Crippen molar-refractivity contribution in [3.63, 3.8) is 0 Å². The monoisotopic (exact) mass is 221 g/mol. The summed E-state index contributed by atoms with van der Waals surface area (Å²) in [7, 11) is 0. The molecule has 88 valence electrons. The van der Waals surface area contributed by atoms with Gasteiger partial charge in [0.15, 0.2) is 0 Å². The molecule has 2 atom stereocenters. The van der Waals surface area contributed by atoms with Crippen molar-refractivity contribution in [3.8, 4) is 0 Å². The Balaban J connectivity index is 2.19. The first-order chi connectivity index (χ1) is 7.72. The Kier molecular flexibility index (Phi) is 3.59. The summed E-state index contributed by atoms with van der Waals surface area (Å²) >= 11 is 0. The summed E-state index contributed by atoms with van der Waals surface area (Å²) in [5.41, 5.74) is 2.06. The van der Waals surface area contributed by atoms with Gasteiger partial charge in [0.25, 0.3) is 0 Å². The Bertz CT molecular complexity index is 362. The predicted molar refractivity (Wildman–Crippen MR) is 65.2 cm³/mol. The zero-order chi connectivity index (χ0) is 11.5. The van der Waals surface area contributed by atoms with Crippen molar-refractivity contribution in [2.75, 3.05) is 6.54 Å². The van der Waals surface area contributed by atoms with Crippen molar-refractivity contribution in [1.29, 1.82) is 0 Å². The molecule has 2 unspecified atom stereocenters. The van der Waals surface area contributed by atoms with Gasteiger partial charge < -0.3 is 5.32 Å². The molecule has 0 spiro atoms. The van der Waals surface area contributed by atoms with Gasteiger partial charge in [0, 0.05) is 6.04 Å². The lowest BCUT2D eigenvalue weighted by atomic mass is 9.93. The first-order valence-electron chi connectivity index (χ1n) is 6.21. The number of nitrogens with one attached hydrogen (secondary N) is 1. The van der Waals surface area contributed by atoms with Crippen molar-refractivity contribution < 1.29 is 4.39 Å². The van der Waals surface area contributed by atoms with E-state index < -0.39 is 0 Å². The van der Waals surface area contributed by atoms with Gasteiger partial charge in [-0.3, -0.25) is 0 Å². The van der Waals surface area contributed by atoms with E-state index in [0.29, 0.717) is 12.0 Å². The highest BCUT2D eigenvalue weighted by molar-refractivity contribution is 5.28. The zero-order valence-corrected chi connectivity index (χ0v) is 10.1. The quantitative estimate of drug-likeness (QED) is 0.825. The normalized spacial score (nSPS) is 24.9. The summed E-state index contributed by atoms with van der Waals surface area (Å²) in [6, 6.07) is 6.14. The number of likely N-dealkylation sites (N-methyl/N-ethyl adjacent to an activating group) is 1. The molecule has 0 amide bonds. The molecule has 1 N–H and O–H groups in total. The van der Waals surface area contributed by atoms with Crippen molar-refractivity contribution in [3.05, 3.63) is 35.1 Å². The summed E-state index contributed by atoms with van der Waals surface area (Å²) in [6.45, 7) is 5.00. The van der Waals surface area contributed by atoms with Gasteiger partial charge in [-0.15, -0.1) is 0 Å². The topological polar surface area (TPSA) is 12.0 Å². The molecule has 0 aliphatic heterocycles. The highest BCUT2D eigenvalue weighted by Gasteiger charge is 2.27. The van der Waals surface area contributed by atoms with Gasteiger partial charge in [-0.1, -0.05) is 25.5 Å². The van der Waals surface area contributed by atoms with Crippen LogP contribution in [0.2, 0.25) is 0 Å². The number of rotatable bonds is 3. The minimum Gasteiger partial charge on any atom is -0.314 e. The standard InChI is InChI=1S/C14H20FN/c1-3-16-14-6-4-5-12(14)11-7-8-13(15)10(2)9-11/h7-9,12,14,16H,3-6H2,1-2H3. The molecule has 2 rings (SSSR count). The van der Waals surface area contributed by atoms with Crippen LogP contribution in [0.1, 0.15) is 43.2 Å². The fourth-order valence-electron chi connectivity index (χ4n) is 2.76. The van der Waals surface area contributed by atoms with E-state index in [2.05, 4.69) is 12.2 Å². The Hall–Kier alpha value is -0.890. The average Bonchev–Trinajstić information content (AvgIpc) is 2.71. The molecule has 1 fully saturated rings. The van der Waals surface area contributed by atoms with Gasteiger partial charge in [0.05, 0.1) is 0 Å². The van der Waals surface area contributed by atoms with E-state index in [9.17, 15) is 4.39 Å². The number of hydrogen-bond acceptors (Lipinski definition) is 1. The summed E-state index contributed by atoms with van der Waals surface area (Å²) in [5.74, 6) is 0.473. The maximum absolute atomic E-state index is 13.2. The van der Waals surface area contributed by atoms with E-state index in [-0.39, 0.29) is 5.82 Å². The highest BCUT2D eigenvalue weighted by atomic mass is 19.1. The zero-order valence-electron chi connectivity index (χ0n) is 10.1. The summed E-state index contributed by atoms with van der Waals surface area (Å²) in [4.78, 5) is 0. The first kappa shape index (κ1) is 11.6. The van der Waals surface area contributed by atoms with Crippen molar-refractivity contribution >= 4 is 0 Å². The second-order valence-electron chi connectivity index (χ2n) is 4.71. The Morgan fingerprint density at radius 1 is 1.38 bits per heavy atom. The van der Waals surface area contributed by atoms with E-state index in [1.807, 2.05) is 19.1 Å². The third-order valence-corrected chi connectivity index (χ3v) is 3.59. The molecule has 0 bridgehead atoms. The van der Waals surface area contributed by atoms with Crippen LogP contribution < -0.4 is 5.32 Å². The molecular formula is C14H20FN. The van der Waals surface area contributed by atoms with Crippen LogP contribution in [0.25, 0.3) is 0 Å². The summed E-state index contributed by atoms with van der Waals surface area (Å²) in [5, 5.41) is 3.53. The molecular weight excluding hydrogens is 201 g/mol. The lowest BCUT2D eigenvalue weighted by Gasteiger charge is -2.21. The Morgan fingerprint density at radius 2 is 2.19 bits per heavy atom. The molecule has 1 aromatic rings. The predicted octanol–water partition coefficient (Wildman–Crippen LogP) is 3.38. The number of aryl methyl sites for hydroxylation is 1. The smallest absolute Gasteiger partial charge is 0.126 e. The van der Waals surface area contributed by atoms with Crippen LogP contribution in [-0.2, 0) is 0 Å². The fourth-order valence-corrected chi connectivity index (χ4v) is 2.76. The van der Waals surface area contributed by atoms with Gasteiger partial charge >= 0.3 is 0 Å². The highest BCUT2D eigenvalue weighted by Crippen LogP contribution is 2.35. The number of hydrogen-bond donors (Lipinski definition) is 1. The van der Waals surface area contributed by atoms with Crippen LogP contribution in [0.4, 0.5) is 4.39 Å². The molecule has 1 aliphatic carbocycles. The third kappa shape index (κ3) is 2.27. The van der Waals surface area contributed by atoms with Crippen LogP contribution in [0, 0.1) is 12.7 Å². The van der Waals surface area contributed by atoms with Crippen LogP contribution >= 0.6 is 0 Å². The molecule has 1 aromatic carbocycles. The lowest BCUT2D eigenvalue weighted by Crippen LogP contribution is -2.30. The minimum absolute atomic E-state index is 0.0956. The van der Waals surface area contributed by atoms with Crippen molar-refractivity contribution in [2.24, 2.45) is 0 Å². The molecule has 0 aromatic heterocycles. The van der Waals surface area contributed by atoms with Gasteiger partial charge in [0.2, 0.25) is 0 Å². The van der Waals surface area contributed by atoms with Crippen LogP contribution in [-0.4, -0.2) is 12.6 Å². The van der Waals surface area contributed by atoms with Gasteiger partial charge in [-0.25, -0.2) is 4.39 Å². The SMILES string of the molecule is CCNC1CCCC1c1ccc(F)c(C)c1. The average molecular weight is 221 g/mol. The fraction of sp³-hybridized carbons (Fsp3) is 0.571. The van der Waals surface area contributed by atoms with Crippen molar-refractivity contribution in [2.45, 2.75) is 45.1 Å². The summed E-state index contributed by atoms with van der Waals surface area (Å²) in [6.07, 6.45) is 3.75. The second-order valence-corrected chi connectivity index (χ2v) is 4.71. The van der Waals surface area contributed by atoms with Gasteiger partial charge in [-0.2, -0.15) is 0 Å². The Labute approximate surface area is 97.1 Å². The molecule has 1 aliphatic rings. The van der Waals surface area contributed by atoms with Crippen LogP contribution in [0.15, 0.2) is 18.2 Å². The van der Waals surface area contributed by atoms with E-state index in [1.54, 1.807) is 6.07 Å². The third-order valence-electron chi connectivity index (χ3n) is 3.59. The maximum atomic E-state index is 13.2. The molecule has 0 saturated heterocycles. The molecule has 0 heterocycles. The van der Waals surface area contributed by atoms with E-state index in [4.69, 9.17) is 0 Å². The number of benzene rings is 1. The molecule has 1 nitrogen and oxygen atoms in total. The maximum Gasteiger partial charge on any atom is 0.126 e. The minimum atomic E-state index is -0.0956. The Morgan fingerprint density at radius 3 is 2.88 bits per heavy atom. The van der Waals surface area contributed by atoms with E-state index >= 15 is 0 Å². The largest absolute Gasteiger partial charge is 0.314 e. The van der Waals surface area contributed by atoms with Crippen LogP contribution in [0.5, 0.6) is 0 Å². The van der Waals surface area contributed by atoms with E-state index in [1.165, 1.54) is 24.8 Å². The van der Waals surface area contributed by atoms with Gasteiger partial charge in [-0.05, 0) is 49.4 Å². The van der Waals surface area contributed by atoms with Crippen molar-refractivity contribution in [1.82, 2.24) is 5.32 Å².